The van der Waals surface area contributed by atoms with E-state index < -0.39 is 0 Å². The lowest BCUT2D eigenvalue weighted by Crippen LogP contribution is -2.38. The third-order valence-corrected chi connectivity index (χ3v) is 4.28. The maximum atomic E-state index is 5.77. The summed E-state index contributed by atoms with van der Waals surface area (Å²) in [5, 5.41) is 7.69. The fraction of sp³-hybridized carbons (Fsp3) is 0.588. The molecule has 2 aromatic heterocycles. The molecule has 0 saturated heterocycles. The molecule has 2 heterocycles. The summed E-state index contributed by atoms with van der Waals surface area (Å²) in [4.78, 5) is 14.5. The van der Waals surface area contributed by atoms with Crippen molar-refractivity contribution in [1.82, 2.24) is 20.6 Å². The molecule has 0 saturated carbocycles. The molecule has 24 heavy (non-hydrogen) atoms. The van der Waals surface area contributed by atoms with Crippen LogP contribution in [0.1, 0.15) is 49.2 Å². The fourth-order valence-electron chi connectivity index (χ4n) is 2.02. The predicted molar refractivity (Wildman–Crippen MR) is 98.6 cm³/mol. The molecule has 0 unspecified atom stereocenters. The molecule has 0 aliphatic heterocycles. The third kappa shape index (κ3) is 5.63. The number of nitrogens with one attached hydrogen (secondary N) is 2. The molecule has 2 rings (SSSR count). The highest BCUT2D eigenvalue weighted by atomic mass is 32.1. The Kier molecular flexibility index (Phi) is 6.36. The van der Waals surface area contributed by atoms with E-state index in [2.05, 4.69) is 53.3 Å². The first-order valence-electron chi connectivity index (χ1n) is 8.27. The van der Waals surface area contributed by atoms with Crippen LogP contribution in [0, 0.1) is 6.92 Å². The number of guanidine groups is 1. The van der Waals surface area contributed by atoms with Gasteiger partial charge in [-0.25, -0.2) is 15.0 Å². The Hall–Kier alpha value is -1.89. The molecule has 0 bridgehead atoms. The maximum Gasteiger partial charge on any atom is 0.216 e. The van der Waals surface area contributed by atoms with E-state index in [-0.39, 0.29) is 5.41 Å². The Labute approximate surface area is 147 Å². The van der Waals surface area contributed by atoms with Crippen molar-refractivity contribution in [1.29, 1.82) is 0 Å². The highest BCUT2D eigenvalue weighted by Gasteiger charge is 2.18. The van der Waals surface area contributed by atoms with E-state index >= 15 is 0 Å². The molecule has 0 aliphatic rings. The zero-order valence-corrected chi connectivity index (χ0v) is 16.0. The van der Waals surface area contributed by atoms with E-state index in [1.807, 2.05) is 13.1 Å². The van der Waals surface area contributed by atoms with Crippen LogP contribution in [0.5, 0.6) is 0 Å². The molecular formula is C17H27N5OS. The Morgan fingerprint density at radius 2 is 2.04 bits per heavy atom. The van der Waals surface area contributed by atoms with E-state index in [0.717, 1.165) is 36.2 Å². The highest BCUT2D eigenvalue weighted by Crippen LogP contribution is 2.22. The van der Waals surface area contributed by atoms with E-state index in [1.165, 1.54) is 4.88 Å². The van der Waals surface area contributed by atoms with Crippen LogP contribution in [0.15, 0.2) is 21.8 Å². The quantitative estimate of drug-likeness (QED) is 0.619. The molecule has 0 aromatic carbocycles. The Balaban J connectivity index is 1.89. The van der Waals surface area contributed by atoms with Crippen molar-refractivity contribution in [2.24, 2.45) is 4.99 Å². The van der Waals surface area contributed by atoms with Gasteiger partial charge in [-0.1, -0.05) is 20.8 Å². The molecule has 0 amide bonds. The fourth-order valence-corrected chi connectivity index (χ4v) is 2.81. The summed E-state index contributed by atoms with van der Waals surface area (Å²) >= 11 is 1.73. The lowest BCUT2D eigenvalue weighted by atomic mass is 9.94. The number of nitrogens with zero attached hydrogens (tertiary/aromatic N) is 3. The van der Waals surface area contributed by atoms with Crippen molar-refractivity contribution in [2.75, 3.05) is 13.1 Å². The molecule has 7 heteroatoms. The van der Waals surface area contributed by atoms with Crippen LogP contribution in [0.4, 0.5) is 0 Å². The Morgan fingerprint density at radius 1 is 1.25 bits per heavy atom. The van der Waals surface area contributed by atoms with Gasteiger partial charge in [-0.05, 0) is 13.8 Å². The highest BCUT2D eigenvalue weighted by molar-refractivity contribution is 7.11. The SMILES string of the molecule is CCNC(=NCc1ncc(C(C)(C)C)o1)NCCc1ncc(C)s1. The second kappa shape index (κ2) is 8.28. The smallest absolute Gasteiger partial charge is 0.216 e. The van der Waals surface area contributed by atoms with Crippen LogP contribution in [-0.2, 0) is 18.4 Å². The average molecular weight is 350 g/mol. The molecule has 0 fully saturated rings. The summed E-state index contributed by atoms with van der Waals surface area (Å²) in [6, 6.07) is 0. The number of oxazole rings is 1. The molecule has 132 valence electrons. The molecular weight excluding hydrogens is 322 g/mol. The minimum Gasteiger partial charge on any atom is -0.443 e. The van der Waals surface area contributed by atoms with Gasteiger partial charge in [0, 0.05) is 36.0 Å². The summed E-state index contributed by atoms with van der Waals surface area (Å²) in [5.41, 5.74) is -0.0381. The second-order valence-corrected chi connectivity index (χ2v) is 7.92. The van der Waals surface area contributed by atoms with Crippen molar-refractivity contribution in [3.05, 3.63) is 33.9 Å². The first-order chi connectivity index (χ1) is 11.4. The van der Waals surface area contributed by atoms with Gasteiger partial charge in [0.2, 0.25) is 5.89 Å². The predicted octanol–water partition coefficient (Wildman–Crippen LogP) is 3.03. The summed E-state index contributed by atoms with van der Waals surface area (Å²) < 4.78 is 5.77. The van der Waals surface area contributed by atoms with E-state index in [9.17, 15) is 0 Å². The summed E-state index contributed by atoms with van der Waals surface area (Å²) in [5.74, 6) is 2.28. The second-order valence-electron chi connectivity index (χ2n) is 6.60. The lowest BCUT2D eigenvalue weighted by Gasteiger charge is -2.13. The largest absolute Gasteiger partial charge is 0.443 e. The lowest BCUT2D eigenvalue weighted by molar-refractivity contribution is 0.383. The van der Waals surface area contributed by atoms with Gasteiger partial charge in [0.05, 0.1) is 11.2 Å². The first kappa shape index (κ1) is 18.4. The number of hydrogen-bond acceptors (Lipinski definition) is 5. The Bertz CT molecular complexity index is 669. The zero-order valence-electron chi connectivity index (χ0n) is 15.1. The standard InChI is InChI=1S/C17H27N5OS/c1-6-18-16(19-8-7-15-21-9-12(2)24-15)22-11-14-20-10-13(23-14)17(3,4)5/h9-10H,6-8,11H2,1-5H3,(H2,18,19,22). The zero-order chi connectivity index (χ0) is 17.6. The van der Waals surface area contributed by atoms with Gasteiger partial charge in [0.25, 0.3) is 0 Å². The molecule has 0 spiro atoms. The van der Waals surface area contributed by atoms with Gasteiger partial charge in [-0.2, -0.15) is 0 Å². The van der Waals surface area contributed by atoms with Gasteiger partial charge in [-0.3, -0.25) is 0 Å². The van der Waals surface area contributed by atoms with Crippen LogP contribution in [-0.4, -0.2) is 29.0 Å². The summed E-state index contributed by atoms with van der Waals surface area (Å²) in [7, 11) is 0. The van der Waals surface area contributed by atoms with E-state index in [1.54, 1.807) is 17.5 Å². The molecule has 0 atom stereocenters. The van der Waals surface area contributed by atoms with E-state index in [4.69, 9.17) is 4.42 Å². The number of aromatic nitrogens is 2. The minimum absolute atomic E-state index is 0.0381. The molecule has 2 N–H and O–H groups in total. The number of aryl methyl sites for hydroxylation is 1. The van der Waals surface area contributed by atoms with Gasteiger partial charge < -0.3 is 15.1 Å². The number of hydrogen-bond donors (Lipinski definition) is 2. The van der Waals surface area contributed by atoms with Gasteiger partial charge in [-0.15, -0.1) is 11.3 Å². The van der Waals surface area contributed by atoms with Gasteiger partial charge in [0.1, 0.15) is 12.3 Å². The minimum atomic E-state index is -0.0381. The molecule has 6 nitrogen and oxygen atoms in total. The van der Waals surface area contributed by atoms with Crippen molar-refractivity contribution < 1.29 is 4.42 Å². The normalized spacial score (nSPS) is 12.5. The van der Waals surface area contributed by atoms with Crippen molar-refractivity contribution in [2.45, 2.75) is 53.0 Å². The van der Waals surface area contributed by atoms with Gasteiger partial charge >= 0.3 is 0 Å². The molecule has 0 radical (unpaired) electrons. The van der Waals surface area contributed by atoms with E-state index in [0.29, 0.717) is 12.4 Å². The monoisotopic (exact) mass is 349 g/mol. The van der Waals surface area contributed by atoms with Crippen LogP contribution < -0.4 is 10.6 Å². The van der Waals surface area contributed by atoms with Crippen molar-refractivity contribution in [3.63, 3.8) is 0 Å². The van der Waals surface area contributed by atoms with Gasteiger partial charge in [0.15, 0.2) is 5.96 Å². The number of thiazole rings is 1. The summed E-state index contributed by atoms with van der Waals surface area (Å²) in [6.45, 7) is 12.4. The maximum absolute atomic E-state index is 5.77. The van der Waals surface area contributed by atoms with Crippen molar-refractivity contribution in [3.8, 4) is 0 Å². The topological polar surface area (TPSA) is 75.3 Å². The molecule has 0 aliphatic carbocycles. The first-order valence-corrected chi connectivity index (χ1v) is 9.09. The third-order valence-electron chi connectivity index (χ3n) is 3.31. The average Bonchev–Trinajstić information content (AvgIpc) is 3.13. The van der Waals surface area contributed by atoms with Crippen LogP contribution in [0.3, 0.4) is 0 Å². The van der Waals surface area contributed by atoms with Crippen molar-refractivity contribution >= 4 is 17.3 Å². The van der Waals surface area contributed by atoms with Crippen LogP contribution in [0.2, 0.25) is 0 Å². The number of rotatable bonds is 6. The summed E-state index contributed by atoms with van der Waals surface area (Å²) in [6.07, 6.45) is 4.58. The Morgan fingerprint density at radius 3 is 2.62 bits per heavy atom. The molecule has 2 aromatic rings. The number of aliphatic imine (C=N–C) groups is 1. The van der Waals surface area contributed by atoms with Crippen LogP contribution in [0.25, 0.3) is 0 Å². The van der Waals surface area contributed by atoms with Crippen LogP contribution >= 0.6 is 11.3 Å².